The second kappa shape index (κ2) is 6.95. The summed E-state index contributed by atoms with van der Waals surface area (Å²) in [6.07, 6.45) is -2.82. The SMILES string of the molecule is NC(=S)/C(=N\Nc1ccccc1C(F)(F)F)C(=O)N1CCCC1. The van der Waals surface area contributed by atoms with Crippen LogP contribution in [0.2, 0.25) is 0 Å². The lowest BCUT2D eigenvalue weighted by molar-refractivity contribution is -0.137. The van der Waals surface area contributed by atoms with Gasteiger partial charge in [0.2, 0.25) is 0 Å². The minimum Gasteiger partial charge on any atom is -0.388 e. The van der Waals surface area contributed by atoms with Crippen molar-refractivity contribution >= 4 is 34.5 Å². The highest BCUT2D eigenvalue weighted by atomic mass is 32.1. The number of carbonyl (C=O) groups excluding carboxylic acids is 1. The van der Waals surface area contributed by atoms with Crippen LogP contribution in [0.1, 0.15) is 18.4 Å². The highest BCUT2D eigenvalue weighted by Gasteiger charge is 2.33. The Morgan fingerprint density at radius 2 is 1.87 bits per heavy atom. The maximum absolute atomic E-state index is 12.9. The molecule has 1 aliphatic rings. The van der Waals surface area contributed by atoms with Crippen molar-refractivity contribution in [1.29, 1.82) is 0 Å². The van der Waals surface area contributed by atoms with Crippen molar-refractivity contribution in [1.82, 2.24) is 4.90 Å². The summed E-state index contributed by atoms with van der Waals surface area (Å²) in [5.74, 6) is -0.480. The highest BCUT2D eigenvalue weighted by molar-refractivity contribution is 7.82. The van der Waals surface area contributed by atoms with Gasteiger partial charge in [-0.3, -0.25) is 10.2 Å². The Morgan fingerprint density at radius 3 is 2.43 bits per heavy atom. The summed E-state index contributed by atoms with van der Waals surface area (Å²) in [5.41, 5.74) is 6.33. The second-order valence-corrected chi connectivity index (χ2v) is 5.42. The van der Waals surface area contributed by atoms with Gasteiger partial charge < -0.3 is 10.6 Å². The molecule has 1 amide bonds. The summed E-state index contributed by atoms with van der Waals surface area (Å²) in [4.78, 5) is 13.5. The fraction of sp³-hybridized carbons (Fsp3) is 0.357. The number of amides is 1. The summed E-state index contributed by atoms with van der Waals surface area (Å²) >= 11 is 4.79. The maximum Gasteiger partial charge on any atom is 0.418 e. The Balaban J connectivity index is 2.25. The van der Waals surface area contributed by atoms with E-state index in [0.29, 0.717) is 13.1 Å². The number of halogens is 3. The van der Waals surface area contributed by atoms with Crippen LogP contribution in [0.5, 0.6) is 0 Å². The number of nitrogens with two attached hydrogens (primary N) is 1. The summed E-state index contributed by atoms with van der Waals surface area (Å²) in [6.45, 7) is 1.11. The molecule has 1 saturated heterocycles. The van der Waals surface area contributed by atoms with E-state index in [0.717, 1.165) is 18.9 Å². The molecule has 124 valence electrons. The molecule has 5 nitrogen and oxygen atoms in total. The zero-order valence-electron chi connectivity index (χ0n) is 12.1. The van der Waals surface area contributed by atoms with Crippen LogP contribution in [0.25, 0.3) is 0 Å². The monoisotopic (exact) mass is 344 g/mol. The third-order valence-corrected chi connectivity index (χ3v) is 3.54. The van der Waals surface area contributed by atoms with Gasteiger partial charge in [0.15, 0.2) is 5.71 Å². The van der Waals surface area contributed by atoms with Crippen molar-refractivity contribution < 1.29 is 18.0 Å². The smallest absolute Gasteiger partial charge is 0.388 e. The molecule has 2 rings (SSSR count). The minimum absolute atomic E-state index is 0.251. The number of alkyl halides is 3. The number of hydrogen-bond acceptors (Lipinski definition) is 4. The van der Waals surface area contributed by atoms with E-state index in [-0.39, 0.29) is 16.4 Å². The van der Waals surface area contributed by atoms with Gasteiger partial charge in [0.05, 0.1) is 11.3 Å². The number of likely N-dealkylation sites (tertiary alicyclic amines) is 1. The Hall–Kier alpha value is -2.16. The lowest BCUT2D eigenvalue weighted by Crippen LogP contribution is -2.40. The van der Waals surface area contributed by atoms with E-state index in [2.05, 4.69) is 10.5 Å². The van der Waals surface area contributed by atoms with Crippen molar-refractivity contribution in [3.05, 3.63) is 29.8 Å². The number of hydrazone groups is 1. The number of benzene rings is 1. The topological polar surface area (TPSA) is 70.7 Å². The van der Waals surface area contributed by atoms with Gasteiger partial charge in [-0.05, 0) is 25.0 Å². The van der Waals surface area contributed by atoms with Gasteiger partial charge in [-0.15, -0.1) is 0 Å². The molecule has 0 saturated carbocycles. The average molecular weight is 344 g/mol. The number of para-hydroxylation sites is 1. The van der Waals surface area contributed by atoms with Crippen LogP contribution in [0.4, 0.5) is 18.9 Å². The van der Waals surface area contributed by atoms with Crippen LogP contribution in [0, 0.1) is 0 Å². The molecule has 0 radical (unpaired) electrons. The van der Waals surface area contributed by atoms with Gasteiger partial charge >= 0.3 is 6.18 Å². The third-order valence-electron chi connectivity index (χ3n) is 3.35. The molecular weight excluding hydrogens is 329 g/mol. The number of nitrogens with one attached hydrogen (secondary N) is 1. The van der Waals surface area contributed by atoms with E-state index < -0.39 is 17.6 Å². The standard InChI is InChI=1S/C14H15F3N4OS/c15-14(16,17)9-5-1-2-6-10(9)19-20-11(12(18)23)13(22)21-7-3-4-8-21/h1-2,5-6,19H,3-4,7-8H2,(H2,18,23)/b20-11+. The molecule has 1 heterocycles. The van der Waals surface area contributed by atoms with E-state index in [1.165, 1.54) is 23.1 Å². The maximum atomic E-state index is 12.9. The van der Waals surface area contributed by atoms with Gasteiger partial charge in [-0.1, -0.05) is 24.4 Å². The van der Waals surface area contributed by atoms with Gasteiger partial charge in [-0.2, -0.15) is 18.3 Å². The fourth-order valence-electron chi connectivity index (χ4n) is 2.22. The number of hydrogen-bond donors (Lipinski definition) is 2. The van der Waals surface area contributed by atoms with E-state index in [1.54, 1.807) is 0 Å². The Bertz CT molecular complexity index is 639. The molecule has 1 aromatic rings. The molecule has 0 atom stereocenters. The van der Waals surface area contributed by atoms with Crippen molar-refractivity contribution in [2.75, 3.05) is 18.5 Å². The van der Waals surface area contributed by atoms with Crippen molar-refractivity contribution in [3.8, 4) is 0 Å². The quantitative estimate of drug-likeness (QED) is 0.500. The molecule has 0 aliphatic carbocycles. The second-order valence-electron chi connectivity index (χ2n) is 4.98. The van der Waals surface area contributed by atoms with Crippen LogP contribution in [0.3, 0.4) is 0 Å². The molecule has 0 bridgehead atoms. The first kappa shape index (κ1) is 17.2. The molecule has 0 aromatic heterocycles. The first-order chi connectivity index (χ1) is 10.8. The Labute approximate surface area is 136 Å². The first-order valence-corrected chi connectivity index (χ1v) is 7.30. The minimum atomic E-state index is -4.54. The molecule has 0 spiro atoms. The fourth-order valence-corrected chi connectivity index (χ4v) is 2.36. The van der Waals surface area contributed by atoms with E-state index in [9.17, 15) is 18.0 Å². The van der Waals surface area contributed by atoms with Crippen LogP contribution < -0.4 is 11.2 Å². The van der Waals surface area contributed by atoms with Gasteiger partial charge in [-0.25, -0.2) is 0 Å². The van der Waals surface area contributed by atoms with Crippen molar-refractivity contribution in [2.45, 2.75) is 19.0 Å². The largest absolute Gasteiger partial charge is 0.418 e. The number of rotatable bonds is 4. The van der Waals surface area contributed by atoms with E-state index in [1.807, 2.05) is 0 Å². The zero-order chi connectivity index (χ0) is 17.0. The molecule has 3 N–H and O–H groups in total. The molecule has 1 fully saturated rings. The average Bonchev–Trinajstić information content (AvgIpc) is 3.00. The first-order valence-electron chi connectivity index (χ1n) is 6.89. The van der Waals surface area contributed by atoms with E-state index >= 15 is 0 Å². The molecule has 1 aliphatic heterocycles. The van der Waals surface area contributed by atoms with Crippen LogP contribution >= 0.6 is 12.2 Å². The number of anilines is 1. The lowest BCUT2D eigenvalue weighted by Gasteiger charge is -2.16. The lowest BCUT2D eigenvalue weighted by atomic mass is 10.2. The molecule has 9 heteroatoms. The van der Waals surface area contributed by atoms with Gasteiger partial charge in [0.25, 0.3) is 5.91 Å². The van der Waals surface area contributed by atoms with E-state index in [4.69, 9.17) is 18.0 Å². The summed E-state index contributed by atoms with van der Waals surface area (Å²) in [7, 11) is 0. The van der Waals surface area contributed by atoms with Crippen LogP contribution in [-0.4, -0.2) is 34.6 Å². The normalized spacial score (nSPS) is 15.6. The summed E-state index contributed by atoms with van der Waals surface area (Å²) < 4.78 is 38.8. The van der Waals surface area contributed by atoms with Crippen LogP contribution in [0.15, 0.2) is 29.4 Å². The van der Waals surface area contributed by atoms with Gasteiger partial charge in [0.1, 0.15) is 4.99 Å². The van der Waals surface area contributed by atoms with Crippen LogP contribution in [-0.2, 0) is 11.0 Å². The third kappa shape index (κ3) is 4.19. The Morgan fingerprint density at radius 1 is 1.26 bits per heavy atom. The summed E-state index contributed by atoms with van der Waals surface area (Å²) in [6, 6.07) is 4.82. The molecule has 1 aromatic carbocycles. The summed E-state index contributed by atoms with van der Waals surface area (Å²) in [5, 5.41) is 3.72. The number of thiocarbonyl (C=S) groups is 1. The number of carbonyl (C=O) groups is 1. The Kier molecular flexibility index (Phi) is 5.19. The number of nitrogens with zero attached hydrogens (tertiary/aromatic N) is 2. The molecule has 0 unspecified atom stereocenters. The van der Waals surface area contributed by atoms with Crippen molar-refractivity contribution in [3.63, 3.8) is 0 Å². The molecular formula is C14H15F3N4OS. The van der Waals surface area contributed by atoms with Crippen molar-refractivity contribution in [2.24, 2.45) is 10.8 Å². The highest BCUT2D eigenvalue weighted by Crippen LogP contribution is 2.34. The molecule has 23 heavy (non-hydrogen) atoms. The van der Waals surface area contributed by atoms with Gasteiger partial charge in [0, 0.05) is 13.1 Å². The predicted molar refractivity (Wildman–Crippen MR) is 85.1 cm³/mol. The zero-order valence-corrected chi connectivity index (χ0v) is 12.9. The predicted octanol–water partition coefficient (Wildman–Crippen LogP) is 2.38.